The van der Waals surface area contributed by atoms with Crippen LogP contribution in [0.1, 0.15) is 36.7 Å². The van der Waals surface area contributed by atoms with Crippen LogP contribution in [0.5, 0.6) is 0 Å². The molecule has 0 saturated carbocycles. The van der Waals surface area contributed by atoms with Crippen LogP contribution < -0.4 is 0 Å². The van der Waals surface area contributed by atoms with Crippen LogP contribution in [-0.4, -0.2) is 20.6 Å². The van der Waals surface area contributed by atoms with Crippen LogP contribution in [-0.2, 0) is 17.6 Å². The van der Waals surface area contributed by atoms with Crippen molar-refractivity contribution in [2.24, 2.45) is 5.41 Å². The molecule has 4 heteroatoms. The maximum Gasteiger partial charge on any atom is 0.309 e. The van der Waals surface area contributed by atoms with Crippen LogP contribution >= 0.6 is 0 Å². The molecule has 2 aromatic rings. The molecule has 1 aromatic heterocycles. The minimum Gasteiger partial charge on any atom is -0.481 e. The summed E-state index contributed by atoms with van der Waals surface area (Å²) >= 11 is 0. The van der Waals surface area contributed by atoms with Crippen molar-refractivity contribution < 1.29 is 9.90 Å². The molecule has 0 saturated heterocycles. The zero-order valence-electron chi connectivity index (χ0n) is 11.7. The summed E-state index contributed by atoms with van der Waals surface area (Å²) in [5, 5.41) is 9.04. The van der Waals surface area contributed by atoms with E-state index in [0.717, 1.165) is 12.1 Å². The fraction of sp³-hybridized carbons (Fsp3) is 0.375. The normalized spacial score (nSPS) is 19.8. The van der Waals surface area contributed by atoms with Gasteiger partial charge in [-0.25, -0.2) is 4.98 Å². The van der Waals surface area contributed by atoms with Gasteiger partial charge in [-0.2, -0.15) is 0 Å². The van der Waals surface area contributed by atoms with Crippen molar-refractivity contribution in [2.45, 2.75) is 32.7 Å². The van der Waals surface area contributed by atoms with Crippen LogP contribution in [0.25, 0.3) is 0 Å². The molecule has 104 valence electrons. The maximum absolute atomic E-state index is 11.0. The number of rotatable bonds is 3. The second-order valence-corrected chi connectivity index (χ2v) is 6.13. The molecule has 0 radical (unpaired) electrons. The minimum atomic E-state index is -0.823. The van der Waals surface area contributed by atoms with Gasteiger partial charge in [-0.15, -0.1) is 0 Å². The summed E-state index contributed by atoms with van der Waals surface area (Å²) in [6.07, 6.45) is 4.42. The Morgan fingerprint density at radius 1 is 1.45 bits per heavy atom. The third-order valence-electron chi connectivity index (χ3n) is 4.09. The van der Waals surface area contributed by atoms with E-state index in [0.29, 0.717) is 0 Å². The second kappa shape index (κ2) is 4.47. The lowest BCUT2D eigenvalue weighted by atomic mass is 9.85. The number of nitrogens with zero attached hydrogens (tertiary/aromatic N) is 2. The van der Waals surface area contributed by atoms with Gasteiger partial charge >= 0.3 is 5.97 Å². The second-order valence-electron chi connectivity index (χ2n) is 6.13. The number of carbonyl (C=O) groups is 1. The summed E-state index contributed by atoms with van der Waals surface area (Å²) in [5.74, 6) is -0.823. The zero-order valence-corrected chi connectivity index (χ0v) is 11.7. The third-order valence-corrected chi connectivity index (χ3v) is 4.09. The third kappa shape index (κ3) is 2.01. The molecule has 0 aliphatic heterocycles. The Hall–Kier alpha value is -2.10. The Morgan fingerprint density at radius 2 is 2.20 bits per heavy atom. The highest BCUT2D eigenvalue weighted by atomic mass is 16.4. The first-order chi connectivity index (χ1) is 9.49. The monoisotopic (exact) mass is 270 g/mol. The fourth-order valence-electron chi connectivity index (χ4n) is 3.35. The predicted octanol–water partition coefficient (Wildman–Crippen LogP) is 2.68. The average Bonchev–Trinajstić information content (AvgIpc) is 2.88. The Labute approximate surface area is 118 Å². The van der Waals surface area contributed by atoms with Crippen LogP contribution in [0.15, 0.2) is 36.8 Å². The van der Waals surface area contributed by atoms with Crippen LogP contribution in [0.2, 0.25) is 0 Å². The molecular formula is C16H18N2O2. The van der Waals surface area contributed by atoms with Gasteiger partial charge in [-0.1, -0.05) is 38.1 Å². The highest BCUT2D eigenvalue weighted by Crippen LogP contribution is 2.47. The number of hydrogen-bond donors (Lipinski definition) is 1. The maximum atomic E-state index is 11.0. The molecule has 1 aromatic carbocycles. The number of benzene rings is 1. The summed E-state index contributed by atoms with van der Waals surface area (Å²) in [7, 11) is 0. The van der Waals surface area contributed by atoms with Crippen LogP contribution in [0, 0.1) is 5.41 Å². The summed E-state index contributed by atoms with van der Waals surface area (Å²) in [6, 6.07) is 8.55. The topological polar surface area (TPSA) is 55.1 Å². The van der Waals surface area contributed by atoms with Crippen molar-refractivity contribution in [1.82, 2.24) is 9.55 Å². The lowest BCUT2D eigenvalue weighted by Crippen LogP contribution is -2.25. The van der Waals surface area contributed by atoms with E-state index in [4.69, 9.17) is 5.11 Å². The lowest BCUT2D eigenvalue weighted by molar-refractivity contribution is -0.136. The number of carboxylic acid groups (broad SMARTS) is 1. The fourth-order valence-corrected chi connectivity index (χ4v) is 3.35. The van der Waals surface area contributed by atoms with E-state index in [1.807, 2.05) is 10.6 Å². The standard InChI is InChI=1S/C16H18N2O2/c1-16(2)8-11-5-3-4-6-13(11)15(16)18-10-17-9-12(18)7-14(19)20/h3-6,9-10,15H,7-8H2,1-2H3,(H,19,20). The van der Waals surface area contributed by atoms with Crippen LogP contribution in [0.4, 0.5) is 0 Å². The summed E-state index contributed by atoms with van der Waals surface area (Å²) < 4.78 is 2.03. The molecule has 1 N–H and O–H groups in total. The zero-order chi connectivity index (χ0) is 14.3. The first kappa shape index (κ1) is 12.9. The Bertz CT molecular complexity index is 658. The van der Waals surface area contributed by atoms with Gasteiger partial charge in [0.15, 0.2) is 0 Å². The van der Waals surface area contributed by atoms with Crippen molar-refractivity contribution in [3.8, 4) is 0 Å². The Kier molecular flexibility index (Phi) is 2.89. The Morgan fingerprint density at radius 3 is 2.95 bits per heavy atom. The lowest BCUT2D eigenvalue weighted by Gasteiger charge is -2.30. The molecule has 1 atom stereocenters. The van der Waals surface area contributed by atoms with Gasteiger partial charge in [0.05, 0.1) is 18.8 Å². The highest BCUT2D eigenvalue weighted by molar-refractivity contribution is 5.69. The molecular weight excluding hydrogens is 252 g/mol. The molecule has 1 unspecified atom stereocenters. The van der Waals surface area contributed by atoms with E-state index in [1.54, 1.807) is 12.5 Å². The summed E-state index contributed by atoms with van der Waals surface area (Å²) in [5.41, 5.74) is 3.43. The van der Waals surface area contributed by atoms with E-state index >= 15 is 0 Å². The van der Waals surface area contributed by atoms with Gasteiger partial charge in [0, 0.05) is 11.9 Å². The minimum absolute atomic E-state index is 0.00868. The smallest absolute Gasteiger partial charge is 0.309 e. The van der Waals surface area contributed by atoms with Gasteiger partial charge in [-0.3, -0.25) is 4.79 Å². The number of fused-ring (bicyclic) bond motifs is 1. The molecule has 0 fully saturated rings. The molecule has 1 heterocycles. The number of hydrogen-bond acceptors (Lipinski definition) is 2. The molecule has 1 aliphatic carbocycles. The quantitative estimate of drug-likeness (QED) is 0.933. The van der Waals surface area contributed by atoms with Crippen molar-refractivity contribution in [1.29, 1.82) is 0 Å². The van der Waals surface area contributed by atoms with Crippen molar-refractivity contribution in [3.05, 3.63) is 53.6 Å². The molecule has 4 nitrogen and oxygen atoms in total. The highest BCUT2D eigenvalue weighted by Gasteiger charge is 2.40. The van der Waals surface area contributed by atoms with E-state index in [2.05, 4.69) is 37.0 Å². The molecule has 20 heavy (non-hydrogen) atoms. The van der Waals surface area contributed by atoms with Gasteiger partial charge in [-0.05, 0) is 23.0 Å². The number of aliphatic carboxylic acids is 1. The summed E-state index contributed by atoms with van der Waals surface area (Å²) in [4.78, 5) is 15.2. The summed E-state index contributed by atoms with van der Waals surface area (Å²) in [6.45, 7) is 4.45. The number of aromatic nitrogens is 2. The molecule has 3 rings (SSSR count). The van der Waals surface area contributed by atoms with Gasteiger partial charge < -0.3 is 9.67 Å². The first-order valence-electron chi connectivity index (χ1n) is 6.79. The van der Waals surface area contributed by atoms with Crippen molar-refractivity contribution in [2.75, 3.05) is 0 Å². The van der Waals surface area contributed by atoms with Crippen molar-refractivity contribution in [3.63, 3.8) is 0 Å². The van der Waals surface area contributed by atoms with E-state index < -0.39 is 5.97 Å². The number of imidazole rings is 1. The molecule has 0 amide bonds. The van der Waals surface area contributed by atoms with Gasteiger partial charge in [0.1, 0.15) is 0 Å². The van der Waals surface area contributed by atoms with E-state index in [1.165, 1.54) is 11.1 Å². The molecule has 0 bridgehead atoms. The van der Waals surface area contributed by atoms with Crippen molar-refractivity contribution >= 4 is 5.97 Å². The van der Waals surface area contributed by atoms with E-state index in [9.17, 15) is 4.79 Å². The molecule has 0 spiro atoms. The SMILES string of the molecule is CC1(C)Cc2ccccc2C1n1cncc1CC(=O)O. The van der Waals surface area contributed by atoms with Gasteiger partial charge in [0.2, 0.25) is 0 Å². The predicted molar refractivity (Wildman–Crippen MR) is 75.6 cm³/mol. The number of carboxylic acids is 1. The molecule has 1 aliphatic rings. The van der Waals surface area contributed by atoms with Gasteiger partial charge in [0.25, 0.3) is 0 Å². The Balaban J connectivity index is 2.09. The van der Waals surface area contributed by atoms with Crippen LogP contribution in [0.3, 0.4) is 0 Å². The van der Waals surface area contributed by atoms with E-state index in [-0.39, 0.29) is 17.9 Å². The largest absolute Gasteiger partial charge is 0.481 e. The first-order valence-corrected chi connectivity index (χ1v) is 6.79. The average molecular weight is 270 g/mol.